The van der Waals surface area contributed by atoms with E-state index in [0.717, 1.165) is 12.0 Å². The smallest absolute Gasteiger partial charge is 0.238 e. The number of anilines is 1. The Kier molecular flexibility index (Phi) is 5.90. The molecular formula is C17H19N5O3S. The summed E-state index contributed by atoms with van der Waals surface area (Å²) in [4.78, 5) is 44.1. The van der Waals surface area contributed by atoms with E-state index in [1.54, 1.807) is 17.8 Å². The third kappa shape index (κ3) is 4.85. The molecule has 1 saturated heterocycles. The molecular weight excluding hydrogens is 354 g/mol. The van der Waals surface area contributed by atoms with Gasteiger partial charge in [0.15, 0.2) is 5.13 Å². The number of thiazole rings is 1. The topological polar surface area (TPSA) is 113 Å². The van der Waals surface area contributed by atoms with E-state index in [0.29, 0.717) is 30.3 Å². The van der Waals surface area contributed by atoms with Gasteiger partial charge in [0.1, 0.15) is 5.92 Å². The van der Waals surface area contributed by atoms with Gasteiger partial charge in [-0.1, -0.05) is 0 Å². The van der Waals surface area contributed by atoms with Crippen molar-refractivity contribution in [3.8, 4) is 0 Å². The molecule has 0 spiro atoms. The summed E-state index contributed by atoms with van der Waals surface area (Å²) in [6, 6.07) is 3.66. The van der Waals surface area contributed by atoms with Gasteiger partial charge in [-0.05, 0) is 30.5 Å². The van der Waals surface area contributed by atoms with E-state index in [-0.39, 0.29) is 24.1 Å². The van der Waals surface area contributed by atoms with Gasteiger partial charge in [-0.25, -0.2) is 4.98 Å². The molecule has 0 aliphatic carbocycles. The first-order valence-corrected chi connectivity index (χ1v) is 9.18. The second-order valence-corrected chi connectivity index (χ2v) is 6.79. The van der Waals surface area contributed by atoms with Crippen LogP contribution in [0.2, 0.25) is 0 Å². The number of aromatic nitrogens is 2. The van der Waals surface area contributed by atoms with Crippen molar-refractivity contribution < 1.29 is 14.4 Å². The van der Waals surface area contributed by atoms with Crippen molar-refractivity contribution >= 4 is 34.2 Å². The summed E-state index contributed by atoms with van der Waals surface area (Å²) < 4.78 is 0. The van der Waals surface area contributed by atoms with Crippen LogP contribution in [0.15, 0.2) is 29.9 Å². The number of nitrogens with zero attached hydrogens (tertiary/aromatic N) is 2. The summed E-state index contributed by atoms with van der Waals surface area (Å²) in [7, 11) is 0. The van der Waals surface area contributed by atoms with Crippen LogP contribution in [-0.2, 0) is 27.3 Å². The minimum atomic E-state index is -0.681. The van der Waals surface area contributed by atoms with Crippen LogP contribution in [0.25, 0.3) is 0 Å². The lowest BCUT2D eigenvalue weighted by Gasteiger charge is -2.20. The van der Waals surface area contributed by atoms with Gasteiger partial charge in [0.25, 0.3) is 0 Å². The summed E-state index contributed by atoms with van der Waals surface area (Å²) in [5.74, 6) is -1.44. The number of rotatable bonds is 6. The molecule has 1 fully saturated rings. The summed E-state index contributed by atoms with van der Waals surface area (Å²) >= 11 is 1.24. The van der Waals surface area contributed by atoms with Crippen LogP contribution >= 0.6 is 11.3 Å². The van der Waals surface area contributed by atoms with Gasteiger partial charge in [-0.15, -0.1) is 11.3 Å². The van der Waals surface area contributed by atoms with Gasteiger partial charge in [-0.2, -0.15) is 0 Å². The Balaban J connectivity index is 1.48. The van der Waals surface area contributed by atoms with Crippen LogP contribution in [0.5, 0.6) is 0 Å². The number of amides is 3. The normalized spacial score (nSPS) is 16.6. The fraction of sp³-hybridized carbons (Fsp3) is 0.353. The molecule has 136 valence electrons. The molecule has 3 N–H and O–H groups in total. The van der Waals surface area contributed by atoms with Gasteiger partial charge in [0, 0.05) is 30.9 Å². The minimum Gasteiger partial charge on any atom is -0.355 e. The highest BCUT2D eigenvalue weighted by Gasteiger charge is 2.29. The van der Waals surface area contributed by atoms with Crippen molar-refractivity contribution in [1.29, 1.82) is 0 Å². The Hall–Kier alpha value is -2.81. The number of hydrogen-bond donors (Lipinski definition) is 3. The Labute approximate surface area is 154 Å². The second-order valence-electron chi connectivity index (χ2n) is 5.93. The van der Waals surface area contributed by atoms with E-state index in [4.69, 9.17) is 0 Å². The molecule has 0 radical (unpaired) electrons. The fourth-order valence-corrected chi connectivity index (χ4v) is 3.30. The van der Waals surface area contributed by atoms with Crippen molar-refractivity contribution in [3.05, 3.63) is 41.2 Å². The highest BCUT2D eigenvalue weighted by molar-refractivity contribution is 7.13. The zero-order valence-corrected chi connectivity index (χ0v) is 14.8. The number of pyridine rings is 1. The van der Waals surface area contributed by atoms with Crippen LogP contribution in [0, 0.1) is 5.92 Å². The predicted molar refractivity (Wildman–Crippen MR) is 96.3 cm³/mol. The largest absolute Gasteiger partial charge is 0.355 e. The molecule has 8 nitrogen and oxygen atoms in total. The van der Waals surface area contributed by atoms with Gasteiger partial charge < -0.3 is 16.0 Å². The minimum absolute atomic E-state index is 0.126. The van der Waals surface area contributed by atoms with Crippen molar-refractivity contribution in [2.45, 2.75) is 25.8 Å². The zero-order chi connectivity index (χ0) is 18.4. The average molecular weight is 373 g/mol. The maximum atomic E-state index is 12.2. The monoisotopic (exact) mass is 373 g/mol. The number of hydrogen-bond acceptors (Lipinski definition) is 6. The molecule has 3 rings (SSSR count). The lowest BCUT2D eigenvalue weighted by molar-refractivity contribution is -0.134. The Morgan fingerprint density at radius 1 is 1.31 bits per heavy atom. The third-order valence-corrected chi connectivity index (χ3v) is 4.77. The van der Waals surface area contributed by atoms with E-state index >= 15 is 0 Å². The molecule has 26 heavy (non-hydrogen) atoms. The third-order valence-electron chi connectivity index (χ3n) is 3.96. The van der Waals surface area contributed by atoms with Gasteiger partial charge in [-0.3, -0.25) is 19.4 Å². The molecule has 0 aromatic carbocycles. The molecule has 1 atom stereocenters. The Morgan fingerprint density at radius 3 is 2.88 bits per heavy atom. The fourth-order valence-electron chi connectivity index (χ4n) is 2.59. The first kappa shape index (κ1) is 18.0. The maximum absolute atomic E-state index is 12.2. The molecule has 2 aromatic rings. The van der Waals surface area contributed by atoms with E-state index in [9.17, 15) is 14.4 Å². The van der Waals surface area contributed by atoms with Crippen molar-refractivity contribution in [3.63, 3.8) is 0 Å². The van der Waals surface area contributed by atoms with Crippen LogP contribution in [0.1, 0.15) is 24.1 Å². The molecule has 3 heterocycles. The van der Waals surface area contributed by atoms with E-state index in [1.807, 2.05) is 12.1 Å². The number of carbonyl (C=O) groups excluding carboxylic acids is 3. The van der Waals surface area contributed by atoms with Crippen LogP contribution in [0.3, 0.4) is 0 Å². The molecule has 1 aliphatic rings. The van der Waals surface area contributed by atoms with Gasteiger partial charge in [0.2, 0.25) is 17.7 Å². The van der Waals surface area contributed by atoms with Crippen LogP contribution in [0.4, 0.5) is 5.13 Å². The summed E-state index contributed by atoms with van der Waals surface area (Å²) in [5, 5.41) is 10.3. The Bertz CT molecular complexity index is 793. The van der Waals surface area contributed by atoms with Crippen molar-refractivity contribution in [2.75, 3.05) is 11.9 Å². The number of carbonyl (C=O) groups is 3. The van der Waals surface area contributed by atoms with Crippen LogP contribution in [-0.4, -0.2) is 34.2 Å². The van der Waals surface area contributed by atoms with E-state index in [2.05, 4.69) is 25.9 Å². The standard InChI is InChI=1S/C17H19N5O3S/c23-14(20-9-11-3-6-18-7-4-11)8-12-10-26-17(21-12)22-16(25)13-2-1-5-19-15(13)24/h3-4,6-7,10,13H,1-2,5,8-9H2,(H,19,24)(H,20,23)(H,21,22,25). The summed E-state index contributed by atoms with van der Waals surface area (Å²) in [5.41, 5.74) is 1.54. The molecule has 0 bridgehead atoms. The van der Waals surface area contributed by atoms with Crippen LogP contribution < -0.4 is 16.0 Å². The van der Waals surface area contributed by atoms with Gasteiger partial charge >= 0.3 is 0 Å². The average Bonchev–Trinajstić information content (AvgIpc) is 3.08. The first-order valence-electron chi connectivity index (χ1n) is 8.30. The highest BCUT2D eigenvalue weighted by Crippen LogP contribution is 2.19. The lowest BCUT2D eigenvalue weighted by atomic mass is 9.98. The maximum Gasteiger partial charge on any atom is 0.238 e. The molecule has 3 amide bonds. The summed E-state index contributed by atoms with van der Waals surface area (Å²) in [6.45, 7) is 1.03. The predicted octanol–water partition coefficient (Wildman–Crippen LogP) is 0.862. The highest BCUT2D eigenvalue weighted by atomic mass is 32.1. The van der Waals surface area contributed by atoms with Crippen molar-refractivity contribution in [1.82, 2.24) is 20.6 Å². The molecule has 9 heteroatoms. The summed E-state index contributed by atoms with van der Waals surface area (Å²) in [6.07, 6.45) is 4.78. The van der Waals surface area contributed by atoms with E-state index in [1.165, 1.54) is 11.3 Å². The molecule has 1 aliphatic heterocycles. The first-order chi connectivity index (χ1) is 12.6. The number of nitrogens with one attached hydrogen (secondary N) is 3. The molecule has 1 unspecified atom stereocenters. The van der Waals surface area contributed by atoms with Gasteiger partial charge in [0.05, 0.1) is 12.1 Å². The molecule has 0 saturated carbocycles. The molecule has 2 aromatic heterocycles. The second kappa shape index (κ2) is 8.52. The zero-order valence-electron chi connectivity index (χ0n) is 14.0. The quantitative estimate of drug-likeness (QED) is 0.650. The Morgan fingerprint density at radius 2 is 2.12 bits per heavy atom. The lowest BCUT2D eigenvalue weighted by Crippen LogP contribution is -2.42. The SMILES string of the molecule is O=C(Cc1csc(NC(=O)C2CCCNC2=O)n1)NCc1ccncc1. The van der Waals surface area contributed by atoms with E-state index < -0.39 is 5.92 Å². The number of piperidine rings is 1. The van der Waals surface area contributed by atoms with Crippen molar-refractivity contribution in [2.24, 2.45) is 5.92 Å².